The van der Waals surface area contributed by atoms with Gasteiger partial charge in [0.1, 0.15) is 5.56 Å². The first kappa shape index (κ1) is 14.6. The number of methoxy groups -OCH3 is 2. The number of aromatic carboxylic acids is 1. The molecule has 0 radical (unpaired) electrons. The first-order chi connectivity index (χ1) is 8.42. The summed E-state index contributed by atoms with van der Waals surface area (Å²) >= 11 is 0. The largest absolute Gasteiger partial charge is 0.478 e. The van der Waals surface area contributed by atoms with E-state index in [9.17, 15) is 13.2 Å². The minimum atomic E-state index is -4.02. The second-order valence-corrected chi connectivity index (χ2v) is 4.87. The molecule has 0 aliphatic heterocycles. The molecule has 0 spiro atoms. The van der Waals surface area contributed by atoms with E-state index in [0.717, 1.165) is 6.20 Å². The van der Waals surface area contributed by atoms with Crippen LogP contribution in [-0.2, 0) is 19.5 Å². The molecule has 0 atom stereocenters. The van der Waals surface area contributed by atoms with E-state index >= 15 is 0 Å². The molecule has 0 aliphatic rings. The molecule has 102 valence electrons. The number of H-pyrrole nitrogens is 1. The first-order valence-corrected chi connectivity index (χ1v) is 6.22. The number of sulfonamides is 1. The maximum Gasteiger partial charge on any atom is 0.340 e. The Balaban J connectivity index is 2.87. The summed E-state index contributed by atoms with van der Waals surface area (Å²) in [5.74, 6) is -1.39. The fourth-order valence-corrected chi connectivity index (χ4v) is 2.25. The molecule has 0 bridgehead atoms. The molecule has 0 aromatic carbocycles. The third kappa shape index (κ3) is 3.26. The summed E-state index contributed by atoms with van der Waals surface area (Å²) in [7, 11) is -1.32. The van der Waals surface area contributed by atoms with Crippen molar-refractivity contribution < 1.29 is 27.8 Å². The van der Waals surface area contributed by atoms with E-state index in [1.807, 2.05) is 0 Å². The van der Waals surface area contributed by atoms with Gasteiger partial charge in [-0.2, -0.15) is 5.10 Å². The summed E-state index contributed by atoms with van der Waals surface area (Å²) in [5, 5.41) is 13.8. The van der Waals surface area contributed by atoms with Crippen molar-refractivity contribution in [3.63, 3.8) is 0 Å². The maximum absolute atomic E-state index is 11.8. The molecule has 0 saturated carbocycles. The zero-order chi connectivity index (χ0) is 13.8. The minimum Gasteiger partial charge on any atom is -0.478 e. The Labute approximate surface area is 103 Å². The predicted octanol–water partition coefficient (Wildman–Crippen LogP) is -0.995. The molecule has 10 heteroatoms. The van der Waals surface area contributed by atoms with Crippen molar-refractivity contribution in [3.8, 4) is 0 Å². The van der Waals surface area contributed by atoms with E-state index in [2.05, 4.69) is 14.9 Å². The number of aromatic amines is 1. The number of nitrogens with one attached hydrogen (secondary N) is 2. The van der Waals surface area contributed by atoms with Crippen LogP contribution < -0.4 is 4.72 Å². The van der Waals surface area contributed by atoms with E-state index in [1.54, 1.807) is 0 Å². The van der Waals surface area contributed by atoms with Crippen molar-refractivity contribution in [2.45, 2.75) is 11.3 Å². The molecule has 0 aliphatic carbocycles. The van der Waals surface area contributed by atoms with E-state index in [0.29, 0.717) is 0 Å². The van der Waals surface area contributed by atoms with Gasteiger partial charge in [-0.25, -0.2) is 17.9 Å². The average molecular weight is 279 g/mol. The van der Waals surface area contributed by atoms with Gasteiger partial charge >= 0.3 is 5.97 Å². The van der Waals surface area contributed by atoms with Crippen molar-refractivity contribution in [3.05, 3.63) is 11.8 Å². The number of carbonyl (C=O) groups is 1. The zero-order valence-corrected chi connectivity index (χ0v) is 10.5. The van der Waals surface area contributed by atoms with Gasteiger partial charge in [-0.3, -0.25) is 5.10 Å². The van der Waals surface area contributed by atoms with Crippen LogP contribution in [-0.4, -0.2) is 56.7 Å². The molecule has 18 heavy (non-hydrogen) atoms. The monoisotopic (exact) mass is 279 g/mol. The van der Waals surface area contributed by atoms with E-state index < -0.39 is 32.9 Å². The second kappa shape index (κ2) is 5.91. The molecule has 1 aromatic rings. The summed E-state index contributed by atoms with van der Waals surface area (Å²) in [4.78, 5) is 10.8. The number of ether oxygens (including phenoxy) is 2. The standard InChI is InChI=1S/C8H13N3O6S/c1-16-6(17-2)4-10-18(14,15)7-5(8(12)13)3-9-11-7/h3,6,10H,4H2,1-2H3,(H,9,11)(H,12,13). The van der Waals surface area contributed by atoms with Gasteiger partial charge in [0.05, 0.1) is 12.7 Å². The van der Waals surface area contributed by atoms with E-state index in [-0.39, 0.29) is 6.54 Å². The Bertz CT molecular complexity index is 507. The zero-order valence-electron chi connectivity index (χ0n) is 9.71. The average Bonchev–Trinajstić information content (AvgIpc) is 2.80. The lowest BCUT2D eigenvalue weighted by Crippen LogP contribution is -2.34. The molecule has 0 fully saturated rings. The van der Waals surface area contributed by atoms with Gasteiger partial charge in [-0.15, -0.1) is 0 Å². The molecular formula is C8H13N3O6S. The highest BCUT2D eigenvalue weighted by Crippen LogP contribution is 2.11. The first-order valence-electron chi connectivity index (χ1n) is 4.74. The molecule has 0 unspecified atom stereocenters. The van der Waals surface area contributed by atoms with Gasteiger partial charge in [0.15, 0.2) is 11.3 Å². The molecule has 9 nitrogen and oxygen atoms in total. The number of rotatable bonds is 7. The molecule has 1 heterocycles. The third-order valence-electron chi connectivity index (χ3n) is 2.07. The number of aromatic nitrogens is 2. The van der Waals surface area contributed by atoms with E-state index in [1.165, 1.54) is 14.2 Å². The van der Waals surface area contributed by atoms with Crippen LogP contribution in [0.15, 0.2) is 11.2 Å². The summed E-state index contributed by atoms with van der Waals surface area (Å²) in [5.41, 5.74) is -0.436. The topological polar surface area (TPSA) is 131 Å². The number of carboxylic acid groups (broad SMARTS) is 1. The van der Waals surface area contributed by atoms with Gasteiger partial charge in [0.2, 0.25) is 0 Å². The van der Waals surface area contributed by atoms with Crippen LogP contribution >= 0.6 is 0 Å². The number of carboxylic acids is 1. The molecule has 3 N–H and O–H groups in total. The Morgan fingerprint density at radius 1 is 1.56 bits per heavy atom. The third-order valence-corrected chi connectivity index (χ3v) is 3.46. The quantitative estimate of drug-likeness (QED) is 0.546. The Kier molecular flexibility index (Phi) is 4.78. The highest BCUT2D eigenvalue weighted by atomic mass is 32.2. The smallest absolute Gasteiger partial charge is 0.340 e. The number of hydrogen-bond donors (Lipinski definition) is 3. The maximum atomic E-state index is 11.8. The highest BCUT2D eigenvalue weighted by Gasteiger charge is 2.25. The lowest BCUT2D eigenvalue weighted by molar-refractivity contribution is -0.0960. The van der Waals surface area contributed by atoms with Crippen molar-refractivity contribution in [2.75, 3.05) is 20.8 Å². The number of hydrogen-bond acceptors (Lipinski definition) is 6. The predicted molar refractivity (Wildman–Crippen MR) is 58.5 cm³/mol. The molecule has 0 saturated heterocycles. The summed E-state index contributed by atoms with van der Waals surface area (Å²) < 4.78 is 35.3. The van der Waals surface area contributed by atoms with Crippen LogP contribution in [0.3, 0.4) is 0 Å². The van der Waals surface area contributed by atoms with Crippen LogP contribution in [0, 0.1) is 0 Å². The SMILES string of the molecule is COC(CNS(=O)(=O)c1[nH]ncc1C(=O)O)OC. The van der Waals surface area contributed by atoms with Crippen LogP contribution in [0.2, 0.25) is 0 Å². The van der Waals surface area contributed by atoms with Crippen molar-refractivity contribution in [1.82, 2.24) is 14.9 Å². The van der Waals surface area contributed by atoms with E-state index in [4.69, 9.17) is 14.6 Å². The Morgan fingerprint density at radius 3 is 2.67 bits per heavy atom. The normalized spacial score (nSPS) is 11.9. The Hall–Kier alpha value is -1.49. The Morgan fingerprint density at radius 2 is 2.17 bits per heavy atom. The van der Waals surface area contributed by atoms with Gasteiger partial charge in [0, 0.05) is 14.2 Å². The fourth-order valence-electron chi connectivity index (χ4n) is 1.14. The summed E-state index contributed by atoms with van der Waals surface area (Å²) in [6, 6.07) is 0. The number of nitrogens with zero attached hydrogens (tertiary/aromatic N) is 1. The molecule has 0 amide bonds. The summed E-state index contributed by atoms with van der Waals surface area (Å²) in [6.45, 7) is -0.159. The lowest BCUT2D eigenvalue weighted by atomic mass is 10.4. The minimum absolute atomic E-state index is 0.159. The van der Waals surface area contributed by atoms with Crippen LogP contribution in [0.25, 0.3) is 0 Å². The van der Waals surface area contributed by atoms with Crippen LogP contribution in [0.1, 0.15) is 10.4 Å². The van der Waals surface area contributed by atoms with Gasteiger partial charge < -0.3 is 14.6 Å². The second-order valence-electron chi connectivity index (χ2n) is 3.17. The fraction of sp³-hybridized carbons (Fsp3) is 0.500. The van der Waals surface area contributed by atoms with Crippen molar-refractivity contribution >= 4 is 16.0 Å². The van der Waals surface area contributed by atoms with Crippen LogP contribution in [0.5, 0.6) is 0 Å². The summed E-state index contributed by atoms with van der Waals surface area (Å²) in [6.07, 6.45) is 0.150. The van der Waals surface area contributed by atoms with Gasteiger partial charge in [-0.1, -0.05) is 0 Å². The van der Waals surface area contributed by atoms with Gasteiger partial charge in [-0.05, 0) is 0 Å². The van der Waals surface area contributed by atoms with Crippen LogP contribution in [0.4, 0.5) is 0 Å². The molecule has 1 aromatic heterocycles. The van der Waals surface area contributed by atoms with Crippen molar-refractivity contribution in [1.29, 1.82) is 0 Å². The molecule has 1 rings (SSSR count). The molecular weight excluding hydrogens is 266 g/mol. The van der Waals surface area contributed by atoms with Gasteiger partial charge in [0.25, 0.3) is 10.0 Å². The van der Waals surface area contributed by atoms with Crippen molar-refractivity contribution in [2.24, 2.45) is 0 Å². The lowest BCUT2D eigenvalue weighted by Gasteiger charge is -2.13. The highest BCUT2D eigenvalue weighted by molar-refractivity contribution is 7.89.